The Morgan fingerprint density at radius 1 is 1.35 bits per heavy atom. The topological polar surface area (TPSA) is 88.9 Å². The molecule has 0 N–H and O–H groups in total. The van der Waals surface area contributed by atoms with Gasteiger partial charge in [-0.3, -0.25) is 9.79 Å². The second-order valence-corrected chi connectivity index (χ2v) is 9.25. The van der Waals surface area contributed by atoms with Crippen LogP contribution >= 0.6 is 39.1 Å². The van der Waals surface area contributed by atoms with E-state index in [-0.39, 0.29) is 11.9 Å². The number of pyridine rings is 1. The molecule has 0 aliphatic carbocycles. The number of rotatable bonds is 3. The quantitative estimate of drug-likeness (QED) is 0.389. The average Bonchev–Trinajstić information content (AvgIpc) is 3.28. The minimum absolute atomic E-state index is 0.0310. The molecule has 0 saturated carbocycles. The van der Waals surface area contributed by atoms with Crippen molar-refractivity contribution in [3.63, 3.8) is 0 Å². The van der Waals surface area contributed by atoms with Crippen LogP contribution in [0.2, 0.25) is 5.02 Å². The highest BCUT2D eigenvalue weighted by molar-refractivity contribution is 9.10. The molecule has 0 aliphatic heterocycles. The summed E-state index contributed by atoms with van der Waals surface area (Å²) in [5.74, 6) is 0.0585. The number of aryl methyl sites for hydroxylation is 1. The highest BCUT2D eigenvalue weighted by Crippen LogP contribution is 2.26. The second-order valence-electron chi connectivity index (χ2n) is 7.09. The number of hydrogen-bond donors (Lipinski definition) is 0. The van der Waals surface area contributed by atoms with E-state index in [4.69, 9.17) is 11.6 Å². The summed E-state index contributed by atoms with van der Waals surface area (Å²) in [5, 5.41) is 14.9. The number of nitrogens with zero attached hydrogens (tertiary/aromatic N) is 6. The molecule has 0 bridgehead atoms. The zero-order valence-corrected chi connectivity index (χ0v) is 20.0. The van der Waals surface area contributed by atoms with Gasteiger partial charge in [-0.2, -0.15) is 10.4 Å². The first-order valence-electron chi connectivity index (χ1n) is 9.32. The lowest BCUT2D eigenvalue weighted by atomic mass is 10.1. The molecule has 4 rings (SSSR count). The van der Waals surface area contributed by atoms with Gasteiger partial charge in [0, 0.05) is 23.7 Å². The minimum Gasteiger partial charge on any atom is -0.270 e. The van der Waals surface area contributed by atoms with Crippen LogP contribution in [0.25, 0.3) is 16.7 Å². The summed E-state index contributed by atoms with van der Waals surface area (Å²) in [6, 6.07) is 10.8. The van der Waals surface area contributed by atoms with E-state index in [1.807, 2.05) is 20.8 Å². The van der Waals surface area contributed by atoms with Crippen LogP contribution in [0, 0.1) is 18.3 Å². The highest BCUT2D eigenvalue weighted by Gasteiger charge is 2.23. The second kappa shape index (κ2) is 8.38. The molecule has 0 spiro atoms. The Morgan fingerprint density at radius 2 is 2.13 bits per heavy atom. The SMILES string of the molecule is Cc1cc(C#N)cc2c(=NC(C)C)sn(C(=O)c3cc(Br)nn3-c3ncccc3Cl)c12. The Hall–Kier alpha value is -2.80. The molecule has 0 atom stereocenters. The molecule has 0 aliphatic rings. The first-order valence-corrected chi connectivity index (χ1v) is 11.3. The van der Waals surface area contributed by atoms with Crippen molar-refractivity contribution in [1.82, 2.24) is 18.7 Å². The molecule has 0 radical (unpaired) electrons. The molecule has 156 valence electrons. The van der Waals surface area contributed by atoms with E-state index in [1.54, 1.807) is 40.5 Å². The van der Waals surface area contributed by atoms with Gasteiger partial charge in [0.2, 0.25) is 0 Å². The lowest BCUT2D eigenvalue weighted by Gasteiger charge is -2.09. The van der Waals surface area contributed by atoms with E-state index in [1.165, 1.54) is 16.2 Å². The Morgan fingerprint density at radius 3 is 2.81 bits per heavy atom. The lowest BCUT2D eigenvalue weighted by molar-refractivity contribution is 0.0968. The number of carbonyl (C=O) groups is 1. The van der Waals surface area contributed by atoms with Crippen LogP contribution in [0.5, 0.6) is 0 Å². The number of nitriles is 1. The number of benzene rings is 1. The normalized spacial score (nSPS) is 12.0. The van der Waals surface area contributed by atoms with Crippen LogP contribution in [0.15, 0.2) is 46.1 Å². The third-order valence-corrected chi connectivity index (χ3v) is 6.15. The molecular weight excluding hydrogens is 500 g/mol. The Balaban J connectivity index is 1.99. The van der Waals surface area contributed by atoms with Crippen molar-refractivity contribution in [2.45, 2.75) is 26.8 Å². The number of carbonyl (C=O) groups excluding carboxylic acids is 1. The average molecular weight is 516 g/mol. The number of halogens is 2. The van der Waals surface area contributed by atoms with Gasteiger partial charge in [-0.25, -0.2) is 13.6 Å². The van der Waals surface area contributed by atoms with Crippen LogP contribution in [0.1, 0.15) is 35.5 Å². The fourth-order valence-electron chi connectivity index (χ4n) is 3.23. The maximum absolute atomic E-state index is 13.7. The molecule has 0 amide bonds. The molecule has 0 unspecified atom stereocenters. The van der Waals surface area contributed by atoms with Gasteiger partial charge in [0.25, 0.3) is 5.91 Å². The fourth-order valence-corrected chi connectivity index (χ4v) is 5.00. The van der Waals surface area contributed by atoms with Gasteiger partial charge in [0.15, 0.2) is 5.82 Å². The Kier molecular flexibility index (Phi) is 5.79. The summed E-state index contributed by atoms with van der Waals surface area (Å²) in [4.78, 5) is 22.7. The first kappa shape index (κ1) is 21.4. The Labute approximate surface area is 195 Å². The number of aromatic nitrogens is 4. The zero-order chi connectivity index (χ0) is 22.3. The lowest BCUT2D eigenvalue weighted by Crippen LogP contribution is -2.16. The molecule has 7 nitrogen and oxygen atoms in total. The predicted octanol–water partition coefficient (Wildman–Crippen LogP) is 4.88. The van der Waals surface area contributed by atoms with Gasteiger partial charge in [-0.15, -0.1) is 0 Å². The van der Waals surface area contributed by atoms with E-state index >= 15 is 0 Å². The maximum atomic E-state index is 13.7. The van der Waals surface area contributed by atoms with E-state index < -0.39 is 0 Å². The smallest absolute Gasteiger partial charge is 0.270 e. The third kappa shape index (κ3) is 3.94. The highest BCUT2D eigenvalue weighted by atomic mass is 79.9. The summed E-state index contributed by atoms with van der Waals surface area (Å²) >= 11 is 10.9. The van der Waals surface area contributed by atoms with Crippen LogP contribution in [0.4, 0.5) is 0 Å². The predicted molar refractivity (Wildman–Crippen MR) is 124 cm³/mol. The van der Waals surface area contributed by atoms with E-state index in [0.29, 0.717) is 36.9 Å². The number of fused-ring (bicyclic) bond motifs is 1. The third-order valence-electron chi connectivity index (χ3n) is 4.44. The summed E-state index contributed by atoms with van der Waals surface area (Å²) in [7, 11) is 0. The summed E-state index contributed by atoms with van der Waals surface area (Å²) in [6.45, 7) is 5.81. The standard InChI is InChI=1S/C21H16BrClN6OS/c1-11(2)26-20-14-8-13(10-24)7-12(3)18(14)29(31-20)21(30)16-9-17(22)27-28(16)19-15(23)5-4-6-25-19/h4-9,11H,1-3H3. The summed E-state index contributed by atoms with van der Waals surface area (Å²) in [6.07, 6.45) is 1.59. The van der Waals surface area contributed by atoms with Gasteiger partial charge < -0.3 is 0 Å². The van der Waals surface area contributed by atoms with Crippen LogP contribution in [-0.2, 0) is 0 Å². The molecule has 1 aromatic carbocycles. The van der Waals surface area contributed by atoms with Crippen molar-refractivity contribution in [3.05, 3.63) is 67.6 Å². The van der Waals surface area contributed by atoms with Gasteiger partial charge in [0.1, 0.15) is 15.0 Å². The van der Waals surface area contributed by atoms with Crippen molar-refractivity contribution >= 4 is 55.9 Å². The summed E-state index contributed by atoms with van der Waals surface area (Å²) < 4.78 is 4.18. The van der Waals surface area contributed by atoms with E-state index in [2.05, 4.69) is 37.1 Å². The minimum atomic E-state index is -0.298. The van der Waals surface area contributed by atoms with Crippen molar-refractivity contribution < 1.29 is 4.79 Å². The van der Waals surface area contributed by atoms with Crippen LogP contribution in [0.3, 0.4) is 0 Å². The largest absolute Gasteiger partial charge is 0.290 e. The van der Waals surface area contributed by atoms with Gasteiger partial charge in [-0.1, -0.05) is 11.6 Å². The maximum Gasteiger partial charge on any atom is 0.290 e. The van der Waals surface area contributed by atoms with E-state index in [0.717, 1.165) is 10.9 Å². The molecule has 3 heterocycles. The van der Waals surface area contributed by atoms with Gasteiger partial charge in [0.05, 0.1) is 22.2 Å². The van der Waals surface area contributed by atoms with Gasteiger partial charge >= 0.3 is 0 Å². The van der Waals surface area contributed by atoms with Crippen LogP contribution in [-0.4, -0.2) is 30.7 Å². The van der Waals surface area contributed by atoms with Crippen molar-refractivity contribution in [1.29, 1.82) is 5.26 Å². The molecule has 10 heteroatoms. The number of hydrogen-bond acceptors (Lipinski definition) is 6. The van der Waals surface area contributed by atoms with Crippen LogP contribution < -0.4 is 4.67 Å². The van der Waals surface area contributed by atoms with Crippen molar-refractivity contribution in [2.75, 3.05) is 0 Å². The van der Waals surface area contributed by atoms with Gasteiger partial charge in [-0.05, 0) is 78.1 Å². The Bertz CT molecular complexity index is 1440. The first-order chi connectivity index (χ1) is 14.8. The zero-order valence-electron chi connectivity index (χ0n) is 16.8. The fraction of sp³-hybridized carbons (Fsp3) is 0.190. The summed E-state index contributed by atoms with van der Waals surface area (Å²) in [5.41, 5.74) is 2.34. The molecule has 0 saturated heterocycles. The molecule has 0 fully saturated rings. The van der Waals surface area contributed by atoms with Crippen molar-refractivity contribution in [3.8, 4) is 11.9 Å². The van der Waals surface area contributed by atoms with Crippen molar-refractivity contribution in [2.24, 2.45) is 4.99 Å². The molecule has 3 aromatic heterocycles. The molecule has 31 heavy (non-hydrogen) atoms. The van der Waals surface area contributed by atoms with E-state index in [9.17, 15) is 10.1 Å². The molecular formula is C21H16BrClN6OS. The molecule has 4 aromatic rings. The monoisotopic (exact) mass is 514 g/mol.